The van der Waals surface area contributed by atoms with Crippen LogP contribution in [-0.2, 0) is 25.4 Å². The second-order valence-electron chi connectivity index (χ2n) is 13.9. The molecule has 3 fully saturated rings. The number of ether oxygens (including phenoxy) is 1. The summed E-state index contributed by atoms with van der Waals surface area (Å²) in [6.07, 6.45) is -3.36. The number of halogens is 4. The third-order valence-electron chi connectivity index (χ3n) is 9.63. The van der Waals surface area contributed by atoms with Gasteiger partial charge in [-0.1, -0.05) is 0 Å². The minimum absolute atomic E-state index is 0.0259. The van der Waals surface area contributed by atoms with Crippen molar-refractivity contribution in [3.63, 3.8) is 0 Å². The van der Waals surface area contributed by atoms with E-state index in [0.29, 0.717) is 68.9 Å². The van der Waals surface area contributed by atoms with Crippen LogP contribution in [0.3, 0.4) is 0 Å². The van der Waals surface area contributed by atoms with Crippen LogP contribution >= 0.6 is 12.2 Å². The maximum Gasteiger partial charge on any atom is 0.419 e. The first-order chi connectivity index (χ1) is 26.5. The van der Waals surface area contributed by atoms with Gasteiger partial charge < -0.3 is 20.3 Å². The summed E-state index contributed by atoms with van der Waals surface area (Å²) in [5.41, 5.74) is -2.62. The molecular weight excluding hydrogens is 759 g/mol. The topological polar surface area (TPSA) is 163 Å². The normalized spacial score (nSPS) is 19.1. The highest BCUT2D eigenvalue weighted by molar-refractivity contribution is 7.81. The molecule has 3 aromatic rings. The predicted octanol–water partition coefficient (Wildman–Crippen LogP) is 3.88. The quantitative estimate of drug-likeness (QED) is 0.146. The van der Waals surface area contributed by atoms with E-state index in [0.717, 1.165) is 11.1 Å². The number of imide groups is 1. The summed E-state index contributed by atoms with van der Waals surface area (Å²) in [5.74, 6) is -1.84. The number of alkyl halides is 3. The number of nitrogens with zero attached hydrogens (tertiary/aromatic N) is 6. The summed E-state index contributed by atoms with van der Waals surface area (Å²) in [4.78, 5) is 60.1. The molecule has 0 aliphatic carbocycles. The third-order valence-corrected chi connectivity index (χ3v) is 10.00. The fourth-order valence-electron chi connectivity index (χ4n) is 6.63. The summed E-state index contributed by atoms with van der Waals surface area (Å²) < 4.78 is 61.4. The molecule has 1 aromatic heterocycles. The Bertz CT molecular complexity index is 2090. The minimum Gasteiger partial charge on any atom is -0.492 e. The highest BCUT2D eigenvalue weighted by Crippen LogP contribution is 2.39. The zero-order valence-corrected chi connectivity index (χ0v) is 31.1. The predicted molar refractivity (Wildman–Crippen MR) is 200 cm³/mol. The maximum absolute atomic E-state index is 14.5. The third kappa shape index (κ3) is 8.72. The molecular formula is C37H37F4N9O5S. The fourth-order valence-corrected chi connectivity index (χ4v) is 7.15. The summed E-state index contributed by atoms with van der Waals surface area (Å²) in [5, 5.41) is 16.9. The fraction of sp³-hybridized carbons (Fsp3) is 0.378. The second kappa shape index (κ2) is 16.2. The second-order valence-corrected chi connectivity index (χ2v) is 14.2. The molecule has 14 nitrogen and oxygen atoms in total. The van der Waals surface area contributed by atoms with Crippen molar-refractivity contribution >= 4 is 63.7 Å². The first-order valence-electron chi connectivity index (χ1n) is 17.6. The zero-order chi connectivity index (χ0) is 40.4. The lowest BCUT2D eigenvalue weighted by molar-refractivity contribution is -0.138. The number of rotatable bonds is 11. The van der Waals surface area contributed by atoms with Crippen LogP contribution in [0.4, 0.5) is 40.3 Å². The number of hydrogen-bond donors (Lipinski definition) is 3. The van der Waals surface area contributed by atoms with E-state index in [-0.39, 0.29) is 41.3 Å². The molecule has 3 N–H and O–H groups in total. The molecule has 3 saturated heterocycles. The van der Waals surface area contributed by atoms with Gasteiger partial charge in [0.1, 0.15) is 35.8 Å². The summed E-state index contributed by atoms with van der Waals surface area (Å²) in [7, 11) is 0. The number of carbonyl (C=O) groups is 4. The molecule has 56 heavy (non-hydrogen) atoms. The van der Waals surface area contributed by atoms with Crippen molar-refractivity contribution in [1.29, 1.82) is 5.26 Å². The molecule has 0 spiro atoms. The largest absolute Gasteiger partial charge is 0.492 e. The molecule has 3 aliphatic rings. The first kappa shape index (κ1) is 40.0. The van der Waals surface area contributed by atoms with Crippen LogP contribution in [0.5, 0.6) is 5.75 Å². The number of thiocarbonyl (C=S) groups is 1. The van der Waals surface area contributed by atoms with Crippen LogP contribution in [0.1, 0.15) is 37.9 Å². The summed E-state index contributed by atoms with van der Waals surface area (Å²) in [6, 6.07) is 12.3. The molecule has 1 unspecified atom stereocenters. The summed E-state index contributed by atoms with van der Waals surface area (Å²) in [6.45, 7) is 6.74. The molecule has 4 amide bonds. The van der Waals surface area contributed by atoms with Gasteiger partial charge in [0.25, 0.3) is 5.91 Å². The number of hydrogen-bond acceptors (Lipinski definition) is 11. The van der Waals surface area contributed by atoms with Gasteiger partial charge in [-0.2, -0.15) is 18.4 Å². The van der Waals surface area contributed by atoms with Gasteiger partial charge in [0, 0.05) is 50.5 Å². The van der Waals surface area contributed by atoms with Gasteiger partial charge in [-0.25, -0.2) is 9.37 Å². The van der Waals surface area contributed by atoms with E-state index < -0.39 is 46.6 Å². The molecule has 0 radical (unpaired) electrons. The van der Waals surface area contributed by atoms with Gasteiger partial charge in [0.15, 0.2) is 10.8 Å². The molecule has 3 aliphatic heterocycles. The molecule has 294 valence electrons. The van der Waals surface area contributed by atoms with Crippen LogP contribution in [0.25, 0.3) is 0 Å². The van der Waals surface area contributed by atoms with Crippen LogP contribution in [0.15, 0.2) is 54.7 Å². The van der Waals surface area contributed by atoms with Gasteiger partial charge >= 0.3 is 6.18 Å². The Kier molecular flexibility index (Phi) is 11.5. The Hall–Kier alpha value is -5.71. The number of pyridine rings is 1. The van der Waals surface area contributed by atoms with E-state index >= 15 is 0 Å². The standard InChI is InChI=1S/C37H37F4N9O5S/c1-36(2)34(54)49(24-18-26(37(39,40)41)30(19-42)43-20-24)35(56)50(36)23-4-6-25(7-5-23)55-16-15-47-11-13-48(14-12-47)21-32(52)45-29-17-22(3-8-27(29)38)44-28-9-10-31(51)46-33(28)53/h3-8,17-18,20,28,44H,9-16,21H2,1-2H3,(H,45,52)(H,46,51,53). The van der Waals surface area contributed by atoms with Gasteiger partial charge in [-0.05, 0) is 81.0 Å². The van der Waals surface area contributed by atoms with Crippen molar-refractivity contribution in [2.24, 2.45) is 0 Å². The van der Waals surface area contributed by atoms with Gasteiger partial charge in [0.2, 0.25) is 17.7 Å². The number of nitrogens with one attached hydrogen (secondary N) is 3. The summed E-state index contributed by atoms with van der Waals surface area (Å²) >= 11 is 5.58. The lowest BCUT2D eigenvalue weighted by Crippen LogP contribution is -2.49. The average molecular weight is 796 g/mol. The Labute approximate surface area is 324 Å². The molecule has 6 rings (SSSR count). The Balaban J connectivity index is 0.963. The number of nitriles is 1. The van der Waals surface area contributed by atoms with E-state index in [1.54, 1.807) is 38.1 Å². The monoisotopic (exact) mass is 795 g/mol. The number of amides is 4. The van der Waals surface area contributed by atoms with E-state index in [1.807, 2.05) is 4.90 Å². The number of carbonyl (C=O) groups excluding carboxylic acids is 4. The maximum atomic E-state index is 14.5. The molecule has 0 bridgehead atoms. The number of piperidine rings is 1. The molecule has 2 aromatic carbocycles. The number of anilines is 4. The van der Waals surface area contributed by atoms with Gasteiger partial charge in [-0.3, -0.25) is 39.2 Å². The molecule has 1 atom stereocenters. The molecule has 0 saturated carbocycles. The van der Waals surface area contributed by atoms with E-state index in [9.17, 15) is 36.7 Å². The Morgan fingerprint density at radius 2 is 1.75 bits per heavy atom. The van der Waals surface area contributed by atoms with Crippen LogP contribution < -0.4 is 30.5 Å². The van der Waals surface area contributed by atoms with Crippen molar-refractivity contribution in [3.8, 4) is 11.8 Å². The Morgan fingerprint density at radius 1 is 1.05 bits per heavy atom. The number of benzene rings is 2. The lowest BCUT2D eigenvalue weighted by atomic mass is 10.0. The van der Waals surface area contributed by atoms with Crippen molar-refractivity contribution in [3.05, 3.63) is 71.8 Å². The van der Waals surface area contributed by atoms with Crippen molar-refractivity contribution in [2.45, 2.75) is 44.4 Å². The number of piperazine rings is 1. The number of aromatic nitrogens is 1. The van der Waals surface area contributed by atoms with Crippen molar-refractivity contribution in [2.75, 3.05) is 66.3 Å². The smallest absolute Gasteiger partial charge is 0.419 e. The SMILES string of the molecule is CC1(C)C(=O)N(c2cnc(C#N)c(C(F)(F)F)c2)C(=S)N1c1ccc(OCCN2CCN(CC(=O)Nc3cc(NC4CCC(=O)NC4=O)ccc3F)CC2)cc1. The van der Waals surface area contributed by atoms with Crippen LogP contribution in [-0.4, -0.2) is 101 Å². The van der Waals surface area contributed by atoms with E-state index in [4.69, 9.17) is 22.2 Å². The zero-order valence-electron chi connectivity index (χ0n) is 30.3. The first-order valence-corrected chi connectivity index (χ1v) is 18.0. The Morgan fingerprint density at radius 3 is 2.41 bits per heavy atom. The van der Waals surface area contributed by atoms with Crippen LogP contribution in [0.2, 0.25) is 0 Å². The molecule has 19 heteroatoms. The van der Waals surface area contributed by atoms with Gasteiger partial charge in [-0.15, -0.1) is 0 Å². The van der Waals surface area contributed by atoms with E-state index in [2.05, 4.69) is 25.8 Å². The highest BCUT2D eigenvalue weighted by Gasteiger charge is 2.51. The van der Waals surface area contributed by atoms with Crippen LogP contribution in [0, 0.1) is 17.1 Å². The van der Waals surface area contributed by atoms with E-state index in [1.165, 1.54) is 29.2 Å². The van der Waals surface area contributed by atoms with Crippen molar-refractivity contribution in [1.82, 2.24) is 20.1 Å². The van der Waals surface area contributed by atoms with Gasteiger partial charge in [0.05, 0.1) is 29.7 Å². The van der Waals surface area contributed by atoms with Crippen molar-refractivity contribution < 1.29 is 41.5 Å². The lowest BCUT2D eigenvalue weighted by Gasteiger charge is -2.34. The average Bonchev–Trinajstić information content (AvgIpc) is 3.33. The minimum atomic E-state index is -4.86. The highest BCUT2D eigenvalue weighted by atomic mass is 32.1. The molecule has 4 heterocycles.